The Labute approximate surface area is 130 Å². The van der Waals surface area contributed by atoms with Crippen LogP contribution in [0, 0.1) is 22.0 Å². The lowest BCUT2D eigenvalue weighted by Gasteiger charge is -2.35. The van der Waals surface area contributed by atoms with Gasteiger partial charge in [-0.3, -0.25) is 10.1 Å². The first-order valence-corrected chi connectivity index (χ1v) is 7.72. The number of hydrogen-bond acceptors (Lipinski definition) is 5. The van der Waals surface area contributed by atoms with E-state index in [0.29, 0.717) is 18.4 Å². The van der Waals surface area contributed by atoms with E-state index in [2.05, 4.69) is 18.7 Å². The van der Waals surface area contributed by atoms with Crippen LogP contribution in [0.5, 0.6) is 5.75 Å². The van der Waals surface area contributed by atoms with Gasteiger partial charge in [-0.25, -0.2) is 0 Å². The number of piperidine rings is 1. The second-order valence-corrected chi connectivity index (χ2v) is 6.35. The molecule has 0 unspecified atom stereocenters. The van der Waals surface area contributed by atoms with Crippen molar-refractivity contribution in [3.05, 3.63) is 34.4 Å². The van der Waals surface area contributed by atoms with E-state index in [1.54, 1.807) is 18.2 Å². The molecule has 6 heteroatoms. The fourth-order valence-corrected chi connectivity index (χ4v) is 3.21. The number of ether oxygens (including phenoxy) is 1. The maximum Gasteiger partial charge on any atom is 0.310 e. The minimum Gasteiger partial charge on any atom is -0.484 e. The number of nitro groups is 1. The number of para-hydroxylation sites is 2. The molecule has 0 aromatic heterocycles. The first-order valence-electron chi connectivity index (χ1n) is 7.72. The van der Waals surface area contributed by atoms with Crippen LogP contribution in [0.25, 0.3) is 0 Å². The molecule has 1 aliphatic rings. The number of benzene rings is 1. The van der Waals surface area contributed by atoms with E-state index in [4.69, 9.17) is 4.74 Å². The molecule has 1 heterocycles. The summed E-state index contributed by atoms with van der Waals surface area (Å²) < 4.78 is 5.44. The predicted molar refractivity (Wildman–Crippen MR) is 84.0 cm³/mol. The zero-order chi connectivity index (χ0) is 16.1. The maximum absolute atomic E-state index is 10.9. The molecule has 122 valence electrons. The number of likely N-dealkylation sites (tertiary alicyclic amines) is 1. The van der Waals surface area contributed by atoms with Gasteiger partial charge >= 0.3 is 5.69 Å². The molecule has 1 aromatic rings. The quantitative estimate of drug-likeness (QED) is 0.644. The van der Waals surface area contributed by atoms with Gasteiger partial charge in [-0.1, -0.05) is 26.0 Å². The highest BCUT2D eigenvalue weighted by atomic mass is 16.6. The number of aliphatic hydroxyl groups is 1. The van der Waals surface area contributed by atoms with Gasteiger partial charge in [0.1, 0.15) is 12.7 Å². The molecule has 0 bridgehead atoms. The van der Waals surface area contributed by atoms with Gasteiger partial charge in [-0.15, -0.1) is 0 Å². The van der Waals surface area contributed by atoms with E-state index < -0.39 is 11.0 Å². The van der Waals surface area contributed by atoms with E-state index in [-0.39, 0.29) is 18.0 Å². The zero-order valence-electron chi connectivity index (χ0n) is 13.1. The van der Waals surface area contributed by atoms with Crippen molar-refractivity contribution in [1.29, 1.82) is 0 Å². The Bertz CT molecular complexity index is 499. The summed E-state index contributed by atoms with van der Waals surface area (Å²) in [6.45, 7) is 7.00. The Balaban J connectivity index is 1.85. The molecule has 1 aliphatic heterocycles. The SMILES string of the molecule is C[C@@H]1C[C@H](C)CN(C[C@H](O)COc2ccccc2[N+](=O)[O-])C1. The van der Waals surface area contributed by atoms with Crippen molar-refractivity contribution in [2.75, 3.05) is 26.2 Å². The Morgan fingerprint density at radius 2 is 2.00 bits per heavy atom. The second-order valence-electron chi connectivity index (χ2n) is 6.35. The van der Waals surface area contributed by atoms with E-state index >= 15 is 0 Å². The smallest absolute Gasteiger partial charge is 0.310 e. The Hall–Kier alpha value is -1.66. The molecule has 0 aliphatic carbocycles. The van der Waals surface area contributed by atoms with Gasteiger partial charge < -0.3 is 14.7 Å². The Morgan fingerprint density at radius 3 is 2.64 bits per heavy atom. The molecule has 1 N–H and O–H groups in total. The molecule has 0 radical (unpaired) electrons. The van der Waals surface area contributed by atoms with E-state index in [1.807, 2.05) is 0 Å². The van der Waals surface area contributed by atoms with Crippen LogP contribution in [-0.2, 0) is 0 Å². The van der Waals surface area contributed by atoms with Crippen molar-refractivity contribution in [3.8, 4) is 5.75 Å². The summed E-state index contributed by atoms with van der Waals surface area (Å²) in [5.41, 5.74) is -0.0742. The molecule has 3 atom stereocenters. The number of hydrogen-bond donors (Lipinski definition) is 1. The summed E-state index contributed by atoms with van der Waals surface area (Å²) in [5.74, 6) is 1.46. The normalized spacial score (nSPS) is 24.0. The van der Waals surface area contributed by atoms with Crippen LogP contribution >= 0.6 is 0 Å². The van der Waals surface area contributed by atoms with Crippen molar-refractivity contribution in [2.45, 2.75) is 26.4 Å². The zero-order valence-corrected chi connectivity index (χ0v) is 13.1. The second kappa shape index (κ2) is 7.56. The fourth-order valence-electron chi connectivity index (χ4n) is 3.21. The number of aliphatic hydroxyl groups excluding tert-OH is 1. The standard InChI is InChI=1S/C16H24N2O4/c1-12-7-13(2)9-17(8-12)10-14(19)11-22-16-6-4-3-5-15(16)18(20)21/h3-6,12-14,19H,7-11H2,1-2H3/t12-,13+,14-/m0/s1. The first kappa shape index (κ1) is 16.7. The van der Waals surface area contributed by atoms with Crippen LogP contribution in [0.4, 0.5) is 5.69 Å². The average molecular weight is 308 g/mol. The summed E-state index contributed by atoms with van der Waals surface area (Å²) in [4.78, 5) is 12.7. The third-order valence-corrected chi connectivity index (χ3v) is 3.91. The van der Waals surface area contributed by atoms with Gasteiger partial charge in [0.2, 0.25) is 0 Å². The third kappa shape index (κ3) is 4.68. The molecule has 6 nitrogen and oxygen atoms in total. The van der Waals surface area contributed by atoms with Crippen molar-refractivity contribution in [2.24, 2.45) is 11.8 Å². The van der Waals surface area contributed by atoms with Crippen molar-refractivity contribution >= 4 is 5.69 Å². The number of β-amino-alcohol motifs (C(OH)–C–C–N with tert-alkyl or cyclic N) is 1. The molecule has 1 saturated heterocycles. The molecule has 1 fully saturated rings. The van der Waals surface area contributed by atoms with Gasteiger partial charge in [0, 0.05) is 25.7 Å². The largest absolute Gasteiger partial charge is 0.484 e. The van der Waals surface area contributed by atoms with Crippen molar-refractivity contribution in [3.63, 3.8) is 0 Å². The topological polar surface area (TPSA) is 75.8 Å². The van der Waals surface area contributed by atoms with Crippen molar-refractivity contribution < 1.29 is 14.8 Å². The molecule has 0 amide bonds. The molecule has 1 aromatic carbocycles. The van der Waals surface area contributed by atoms with E-state index in [9.17, 15) is 15.2 Å². The lowest BCUT2D eigenvalue weighted by molar-refractivity contribution is -0.385. The van der Waals surface area contributed by atoms with Crippen molar-refractivity contribution in [1.82, 2.24) is 4.90 Å². The van der Waals surface area contributed by atoms with Gasteiger partial charge in [0.15, 0.2) is 5.75 Å². The van der Waals surface area contributed by atoms with Gasteiger partial charge in [0.05, 0.1) is 4.92 Å². The van der Waals surface area contributed by atoms with E-state index in [1.165, 1.54) is 12.5 Å². The third-order valence-electron chi connectivity index (χ3n) is 3.91. The van der Waals surface area contributed by atoms with E-state index in [0.717, 1.165) is 13.1 Å². The van der Waals surface area contributed by atoms with Crippen LogP contribution in [0.1, 0.15) is 20.3 Å². The lowest BCUT2D eigenvalue weighted by atomic mass is 9.92. The lowest BCUT2D eigenvalue weighted by Crippen LogP contribution is -2.44. The highest BCUT2D eigenvalue weighted by Gasteiger charge is 2.24. The highest BCUT2D eigenvalue weighted by Crippen LogP contribution is 2.26. The fraction of sp³-hybridized carbons (Fsp3) is 0.625. The summed E-state index contributed by atoms with van der Waals surface area (Å²) in [7, 11) is 0. The molecule has 22 heavy (non-hydrogen) atoms. The van der Waals surface area contributed by atoms with Gasteiger partial charge in [-0.2, -0.15) is 0 Å². The van der Waals surface area contributed by atoms with Crippen LogP contribution in [0.2, 0.25) is 0 Å². The number of rotatable bonds is 6. The molecular formula is C16H24N2O4. The van der Waals surface area contributed by atoms with Gasteiger partial charge in [-0.05, 0) is 24.3 Å². The molecule has 2 rings (SSSR count). The highest BCUT2D eigenvalue weighted by molar-refractivity contribution is 5.45. The number of nitro benzene ring substituents is 1. The van der Waals surface area contributed by atoms with Crippen LogP contribution in [0.3, 0.4) is 0 Å². The molecule has 0 saturated carbocycles. The molecule has 0 spiro atoms. The van der Waals surface area contributed by atoms with Crippen LogP contribution in [0.15, 0.2) is 24.3 Å². The van der Waals surface area contributed by atoms with Crippen LogP contribution < -0.4 is 4.74 Å². The summed E-state index contributed by atoms with van der Waals surface area (Å²) in [6.07, 6.45) is 0.566. The average Bonchev–Trinajstić information content (AvgIpc) is 2.44. The summed E-state index contributed by atoms with van der Waals surface area (Å²) in [6, 6.07) is 6.23. The van der Waals surface area contributed by atoms with Gasteiger partial charge in [0.25, 0.3) is 0 Å². The Morgan fingerprint density at radius 1 is 1.36 bits per heavy atom. The maximum atomic E-state index is 10.9. The first-order chi connectivity index (χ1) is 10.5. The summed E-state index contributed by atoms with van der Waals surface area (Å²) in [5, 5.41) is 21.0. The summed E-state index contributed by atoms with van der Waals surface area (Å²) >= 11 is 0. The minimum atomic E-state index is -0.655. The number of nitrogens with zero attached hydrogens (tertiary/aromatic N) is 2. The molecular weight excluding hydrogens is 284 g/mol. The minimum absolute atomic E-state index is 0.0596. The Kier molecular flexibility index (Phi) is 5.74. The van der Waals surface area contributed by atoms with Crippen LogP contribution in [-0.4, -0.2) is 47.3 Å². The predicted octanol–water partition coefficient (Wildman–Crippen LogP) is 2.31. The monoisotopic (exact) mass is 308 g/mol.